The number of aromatic nitrogens is 3. The highest BCUT2D eigenvalue weighted by atomic mass is 35.5. The topological polar surface area (TPSA) is 54.0 Å². The van der Waals surface area contributed by atoms with Crippen molar-refractivity contribution in [2.24, 2.45) is 0 Å². The third-order valence-corrected chi connectivity index (χ3v) is 4.46. The van der Waals surface area contributed by atoms with Gasteiger partial charge in [-0.2, -0.15) is 5.10 Å². The van der Waals surface area contributed by atoms with Crippen molar-refractivity contribution in [3.63, 3.8) is 0 Å². The zero-order valence-electron chi connectivity index (χ0n) is 12.8. The molecule has 3 heterocycles. The van der Waals surface area contributed by atoms with Gasteiger partial charge in [0.2, 0.25) is 0 Å². The van der Waals surface area contributed by atoms with E-state index < -0.39 is 0 Å². The zero-order chi connectivity index (χ0) is 15.4. The second-order valence-electron chi connectivity index (χ2n) is 5.77. The Bertz CT molecular complexity index is 595. The molecule has 0 unspecified atom stereocenters. The molecular weight excluding hydrogens is 300 g/mol. The molecule has 2 aromatic rings. The standard InChI is InChI=1S/C16H21ClN4O/c1-12-16(17)15(20-19-12)11-21(10-14-3-2-8-22-14)9-13-4-6-18-7-5-13/h4-7,14H,2-3,8-11H2,1H3,(H,19,20)/t14-/m1/s1. The van der Waals surface area contributed by atoms with E-state index in [1.54, 1.807) is 0 Å². The molecule has 0 saturated carbocycles. The Labute approximate surface area is 135 Å². The number of hydrogen-bond donors (Lipinski definition) is 1. The van der Waals surface area contributed by atoms with Gasteiger partial charge in [0, 0.05) is 38.6 Å². The molecule has 1 saturated heterocycles. The lowest BCUT2D eigenvalue weighted by molar-refractivity contribution is 0.0675. The summed E-state index contributed by atoms with van der Waals surface area (Å²) in [6.07, 6.45) is 6.23. The highest BCUT2D eigenvalue weighted by molar-refractivity contribution is 6.31. The Kier molecular flexibility index (Phi) is 5.08. The van der Waals surface area contributed by atoms with Gasteiger partial charge in [0.1, 0.15) is 0 Å². The maximum Gasteiger partial charge on any atom is 0.0951 e. The van der Waals surface area contributed by atoms with Crippen LogP contribution in [0.1, 0.15) is 29.8 Å². The van der Waals surface area contributed by atoms with Crippen LogP contribution in [-0.4, -0.2) is 39.3 Å². The average Bonchev–Trinajstić information content (AvgIpc) is 3.14. The van der Waals surface area contributed by atoms with Gasteiger partial charge in [-0.25, -0.2) is 0 Å². The number of halogens is 1. The minimum Gasteiger partial charge on any atom is -0.377 e. The van der Waals surface area contributed by atoms with Gasteiger partial charge < -0.3 is 4.74 Å². The van der Waals surface area contributed by atoms with Crippen molar-refractivity contribution in [1.29, 1.82) is 0 Å². The Morgan fingerprint density at radius 2 is 2.18 bits per heavy atom. The Balaban J connectivity index is 1.71. The first-order valence-electron chi connectivity index (χ1n) is 7.64. The predicted molar refractivity (Wildman–Crippen MR) is 85.7 cm³/mol. The minimum atomic E-state index is 0.306. The van der Waals surface area contributed by atoms with Gasteiger partial charge in [-0.05, 0) is 37.5 Å². The number of H-pyrrole nitrogens is 1. The monoisotopic (exact) mass is 320 g/mol. The summed E-state index contributed by atoms with van der Waals surface area (Å²) in [6, 6.07) is 4.08. The maximum absolute atomic E-state index is 6.31. The summed E-state index contributed by atoms with van der Waals surface area (Å²) in [5.41, 5.74) is 3.04. The van der Waals surface area contributed by atoms with E-state index in [2.05, 4.69) is 20.1 Å². The summed E-state index contributed by atoms with van der Waals surface area (Å²) in [5.74, 6) is 0. The van der Waals surface area contributed by atoms with Crippen LogP contribution in [0.25, 0.3) is 0 Å². The van der Waals surface area contributed by atoms with Gasteiger partial charge in [0.25, 0.3) is 0 Å². The Morgan fingerprint density at radius 1 is 1.36 bits per heavy atom. The number of pyridine rings is 1. The Hall–Kier alpha value is -1.43. The number of hydrogen-bond acceptors (Lipinski definition) is 4. The van der Waals surface area contributed by atoms with Crippen molar-refractivity contribution >= 4 is 11.6 Å². The minimum absolute atomic E-state index is 0.306. The van der Waals surface area contributed by atoms with Gasteiger partial charge in [-0.15, -0.1) is 0 Å². The van der Waals surface area contributed by atoms with Crippen LogP contribution in [0.5, 0.6) is 0 Å². The number of rotatable bonds is 6. The van der Waals surface area contributed by atoms with Crippen LogP contribution in [0.15, 0.2) is 24.5 Å². The number of nitrogens with zero attached hydrogens (tertiary/aromatic N) is 3. The van der Waals surface area contributed by atoms with Crippen molar-refractivity contribution in [2.75, 3.05) is 13.2 Å². The molecule has 3 rings (SSSR count). The highest BCUT2D eigenvalue weighted by Gasteiger charge is 2.21. The normalized spacial score (nSPS) is 18.2. The molecule has 1 aliphatic heterocycles. The van der Waals surface area contributed by atoms with Crippen LogP contribution in [0.2, 0.25) is 5.02 Å². The Morgan fingerprint density at radius 3 is 2.82 bits per heavy atom. The van der Waals surface area contributed by atoms with E-state index in [0.717, 1.165) is 48.9 Å². The van der Waals surface area contributed by atoms with Crippen LogP contribution in [0.3, 0.4) is 0 Å². The van der Waals surface area contributed by atoms with E-state index in [0.29, 0.717) is 12.6 Å². The smallest absolute Gasteiger partial charge is 0.0951 e. The quantitative estimate of drug-likeness (QED) is 0.889. The van der Waals surface area contributed by atoms with E-state index in [9.17, 15) is 0 Å². The molecule has 5 nitrogen and oxygen atoms in total. The van der Waals surface area contributed by atoms with Crippen molar-refractivity contribution in [3.8, 4) is 0 Å². The number of nitrogens with one attached hydrogen (secondary N) is 1. The third-order valence-electron chi connectivity index (χ3n) is 3.96. The maximum atomic E-state index is 6.31. The van der Waals surface area contributed by atoms with Gasteiger partial charge in [-0.3, -0.25) is 15.0 Å². The van der Waals surface area contributed by atoms with E-state index in [1.165, 1.54) is 5.56 Å². The van der Waals surface area contributed by atoms with E-state index in [-0.39, 0.29) is 0 Å². The van der Waals surface area contributed by atoms with Crippen molar-refractivity contribution in [1.82, 2.24) is 20.1 Å². The zero-order valence-corrected chi connectivity index (χ0v) is 13.5. The SMILES string of the molecule is Cc1[nH]nc(CN(Cc2ccncc2)C[C@H]2CCCO2)c1Cl. The molecule has 0 radical (unpaired) electrons. The number of ether oxygens (including phenoxy) is 1. The molecule has 118 valence electrons. The molecule has 1 fully saturated rings. The van der Waals surface area contributed by atoms with Crippen LogP contribution < -0.4 is 0 Å². The average molecular weight is 321 g/mol. The van der Waals surface area contributed by atoms with Gasteiger partial charge >= 0.3 is 0 Å². The van der Waals surface area contributed by atoms with Crippen molar-refractivity contribution in [3.05, 3.63) is 46.5 Å². The van der Waals surface area contributed by atoms with Crippen LogP contribution >= 0.6 is 11.6 Å². The lowest BCUT2D eigenvalue weighted by Crippen LogP contribution is -2.31. The fourth-order valence-electron chi connectivity index (χ4n) is 2.79. The van der Waals surface area contributed by atoms with Gasteiger partial charge in [0.05, 0.1) is 22.5 Å². The van der Waals surface area contributed by atoms with Crippen molar-refractivity contribution in [2.45, 2.75) is 39.0 Å². The molecule has 0 spiro atoms. The largest absolute Gasteiger partial charge is 0.377 e. The molecule has 2 aromatic heterocycles. The van der Waals surface area contributed by atoms with E-state index in [4.69, 9.17) is 16.3 Å². The molecule has 0 aromatic carbocycles. The molecule has 0 amide bonds. The van der Waals surface area contributed by atoms with E-state index in [1.807, 2.05) is 31.5 Å². The molecule has 22 heavy (non-hydrogen) atoms. The molecule has 6 heteroatoms. The number of aryl methyl sites for hydroxylation is 1. The lowest BCUT2D eigenvalue weighted by Gasteiger charge is -2.24. The molecule has 1 atom stereocenters. The third kappa shape index (κ3) is 3.85. The molecule has 1 N–H and O–H groups in total. The summed E-state index contributed by atoms with van der Waals surface area (Å²) in [6.45, 7) is 5.25. The second-order valence-corrected chi connectivity index (χ2v) is 6.15. The molecule has 1 aliphatic rings. The van der Waals surface area contributed by atoms with Gasteiger partial charge in [-0.1, -0.05) is 11.6 Å². The van der Waals surface area contributed by atoms with Crippen LogP contribution in [-0.2, 0) is 17.8 Å². The van der Waals surface area contributed by atoms with Gasteiger partial charge in [0.15, 0.2) is 0 Å². The lowest BCUT2D eigenvalue weighted by atomic mass is 10.2. The fraction of sp³-hybridized carbons (Fsp3) is 0.500. The summed E-state index contributed by atoms with van der Waals surface area (Å²) in [7, 11) is 0. The second kappa shape index (κ2) is 7.22. The summed E-state index contributed by atoms with van der Waals surface area (Å²) >= 11 is 6.31. The molecule has 0 bridgehead atoms. The predicted octanol–water partition coefficient (Wildman–Crippen LogP) is 2.95. The van der Waals surface area contributed by atoms with Crippen LogP contribution in [0, 0.1) is 6.92 Å². The fourth-order valence-corrected chi connectivity index (χ4v) is 2.93. The van der Waals surface area contributed by atoms with E-state index >= 15 is 0 Å². The summed E-state index contributed by atoms with van der Waals surface area (Å²) in [5, 5.41) is 8.00. The highest BCUT2D eigenvalue weighted by Crippen LogP contribution is 2.21. The summed E-state index contributed by atoms with van der Waals surface area (Å²) in [4.78, 5) is 6.42. The summed E-state index contributed by atoms with van der Waals surface area (Å²) < 4.78 is 5.78. The van der Waals surface area contributed by atoms with Crippen molar-refractivity contribution < 1.29 is 4.74 Å². The molecular formula is C16H21ClN4O. The number of aromatic amines is 1. The van der Waals surface area contributed by atoms with Crippen LogP contribution in [0.4, 0.5) is 0 Å². The molecule has 0 aliphatic carbocycles. The first-order chi connectivity index (χ1) is 10.7. The first kappa shape index (κ1) is 15.5. The first-order valence-corrected chi connectivity index (χ1v) is 8.02.